The molecular formula is C13H11N3O3. The Bertz CT molecular complexity index is 616. The lowest BCUT2D eigenvalue weighted by Crippen LogP contribution is -2.27. The lowest BCUT2D eigenvalue weighted by Gasteiger charge is -2.16. The van der Waals surface area contributed by atoms with Crippen LogP contribution in [0.15, 0.2) is 36.8 Å². The van der Waals surface area contributed by atoms with Crippen molar-refractivity contribution < 1.29 is 14.3 Å². The predicted molar refractivity (Wildman–Crippen MR) is 67.3 cm³/mol. The van der Waals surface area contributed by atoms with Crippen molar-refractivity contribution in [3.63, 3.8) is 0 Å². The van der Waals surface area contributed by atoms with E-state index in [9.17, 15) is 4.79 Å². The van der Waals surface area contributed by atoms with E-state index in [0.29, 0.717) is 22.9 Å². The summed E-state index contributed by atoms with van der Waals surface area (Å²) in [5.74, 6) is 1.09. The monoisotopic (exact) mass is 257 g/mol. The highest BCUT2D eigenvalue weighted by Gasteiger charge is 2.19. The largest absolute Gasteiger partial charge is 0.454 e. The van der Waals surface area contributed by atoms with Crippen molar-refractivity contribution in [3.8, 4) is 11.5 Å². The molecule has 6 heteroatoms. The minimum atomic E-state index is -0.230. The fourth-order valence-electron chi connectivity index (χ4n) is 1.79. The molecule has 0 saturated heterocycles. The molecule has 96 valence electrons. The fraction of sp³-hybridized carbons (Fsp3) is 0.154. The standard InChI is InChI=1S/C13H11N3O3/c1-16(13(17)10-7-14-4-5-15-10)9-2-3-11-12(6-9)19-8-18-11/h2-7H,8H2,1H3. The number of nitrogens with zero attached hydrogens (tertiary/aromatic N) is 3. The van der Waals surface area contributed by atoms with E-state index in [-0.39, 0.29) is 12.7 Å². The number of ether oxygens (including phenoxy) is 2. The average Bonchev–Trinajstić information content (AvgIpc) is 2.94. The average molecular weight is 257 g/mol. The summed E-state index contributed by atoms with van der Waals surface area (Å²) in [5.41, 5.74) is 1.00. The number of aromatic nitrogens is 2. The second kappa shape index (κ2) is 4.56. The number of hydrogen-bond acceptors (Lipinski definition) is 5. The topological polar surface area (TPSA) is 64.6 Å². The molecule has 0 radical (unpaired) electrons. The highest BCUT2D eigenvalue weighted by atomic mass is 16.7. The molecule has 6 nitrogen and oxygen atoms in total. The summed E-state index contributed by atoms with van der Waals surface area (Å²) in [6.07, 6.45) is 4.45. The molecule has 3 rings (SSSR count). The summed E-state index contributed by atoms with van der Waals surface area (Å²) in [6.45, 7) is 0.209. The minimum Gasteiger partial charge on any atom is -0.454 e. The van der Waals surface area contributed by atoms with Crippen LogP contribution in [0.4, 0.5) is 5.69 Å². The van der Waals surface area contributed by atoms with Gasteiger partial charge in [0.05, 0.1) is 6.20 Å². The van der Waals surface area contributed by atoms with E-state index in [1.54, 1.807) is 25.2 Å². The van der Waals surface area contributed by atoms with Gasteiger partial charge in [0.2, 0.25) is 6.79 Å². The Kier molecular flexibility index (Phi) is 2.75. The number of amides is 1. The van der Waals surface area contributed by atoms with E-state index in [1.807, 2.05) is 0 Å². The van der Waals surface area contributed by atoms with Gasteiger partial charge in [-0.15, -0.1) is 0 Å². The Morgan fingerprint density at radius 1 is 1.26 bits per heavy atom. The van der Waals surface area contributed by atoms with Crippen molar-refractivity contribution in [2.45, 2.75) is 0 Å². The van der Waals surface area contributed by atoms with Crippen molar-refractivity contribution in [2.75, 3.05) is 18.7 Å². The second-order valence-electron chi connectivity index (χ2n) is 3.99. The van der Waals surface area contributed by atoms with Gasteiger partial charge in [-0.1, -0.05) is 0 Å². The molecule has 2 aromatic rings. The van der Waals surface area contributed by atoms with E-state index in [4.69, 9.17) is 9.47 Å². The molecule has 19 heavy (non-hydrogen) atoms. The fourth-order valence-corrected chi connectivity index (χ4v) is 1.79. The summed E-state index contributed by atoms with van der Waals surface area (Å²) in [5, 5.41) is 0. The van der Waals surface area contributed by atoms with E-state index in [0.717, 1.165) is 0 Å². The molecule has 0 saturated carbocycles. The van der Waals surface area contributed by atoms with Crippen LogP contribution in [0.1, 0.15) is 10.5 Å². The Labute approximate surface area is 109 Å². The third kappa shape index (κ3) is 2.08. The molecule has 0 aliphatic carbocycles. The van der Waals surface area contributed by atoms with Gasteiger partial charge in [-0.05, 0) is 12.1 Å². The molecule has 0 N–H and O–H groups in total. The first-order chi connectivity index (χ1) is 9.25. The van der Waals surface area contributed by atoms with Gasteiger partial charge in [0, 0.05) is 31.2 Å². The summed E-state index contributed by atoms with van der Waals surface area (Å²) >= 11 is 0. The van der Waals surface area contributed by atoms with Gasteiger partial charge in [-0.25, -0.2) is 4.98 Å². The maximum atomic E-state index is 12.2. The first kappa shape index (κ1) is 11.5. The number of rotatable bonds is 2. The quantitative estimate of drug-likeness (QED) is 0.815. The molecule has 0 spiro atoms. The Morgan fingerprint density at radius 3 is 2.89 bits per heavy atom. The second-order valence-corrected chi connectivity index (χ2v) is 3.99. The van der Waals surface area contributed by atoms with Gasteiger partial charge >= 0.3 is 0 Å². The van der Waals surface area contributed by atoms with Crippen LogP contribution >= 0.6 is 0 Å². The number of benzene rings is 1. The molecular weight excluding hydrogens is 246 g/mol. The molecule has 0 atom stereocenters. The van der Waals surface area contributed by atoms with Crippen LogP contribution in [0.3, 0.4) is 0 Å². The molecule has 2 heterocycles. The van der Waals surface area contributed by atoms with Crippen molar-refractivity contribution in [2.24, 2.45) is 0 Å². The maximum absolute atomic E-state index is 12.2. The Morgan fingerprint density at radius 2 is 2.11 bits per heavy atom. The normalized spacial score (nSPS) is 12.3. The molecule has 0 unspecified atom stereocenters. The maximum Gasteiger partial charge on any atom is 0.278 e. The Hall–Kier alpha value is -2.63. The number of anilines is 1. The first-order valence-corrected chi connectivity index (χ1v) is 5.69. The van der Waals surface area contributed by atoms with E-state index in [1.165, 1.54) is 23.5 Å². The molecule has 0 fully saturated rings. The van der Waals surface area contributed by atoms with Crippen LogP contribution < -0.4 is 14.4 Å². The highest BCUT2D eigenvalue weighted by Crippen LogP contribution is 2.35. The molecule has 0 bridgehead atoms. The van der Waals surface area contributed by atoms with E-state index >= 15 is 0 Å². The summed E-state index contributed by atoms with van der Waals surface area (Å²) in [7, 11) is 1.68. The van der Waals surface area contributed by atoms with Crippen molar-refractivity contribution in [1.29, 1.82) is 0 Å². The number of fused-ring (bicyclic) bond motifs is 1. The van der Waals surface area contributed by atoms with Crippen molar-refractivity contribution in [3.05, 3.63) is 42.5 Å². The van der Waals surface area contributed by atoms with Crippen LogP contribution in [0, 0.1) is 0 Å². The lowest BCUT2D eigenvalue weighted by molar-refractivity contribution is 0.0988. The van der Waals surface area contributed by atoms with Crippen LogP contribution in [0.5, 0.6) is 11.5 Å². The van der Waals surface area contributed by atoms with Crippen molar-refractivity contribution in [1.82, 2.24) is 9.97 Å². The molecule has 1 amide bonds. The zero-order valence-corrected chi connectivity index (χ0v) is 10.2. The minimum absolute atomic E-state index is 0.209. The van der Waals surface area contributed by atoms with E-state index in [2.05, 4.69) is 9.97 Å². The van der Waals surface area contributed by atoms with Crippen molar-refractivity contribution >= 4 is 11.6 Å². The number of carbonyl (C=O) groups is 1. The van der Waals surface area contributed by atoms with Crippen LogP contribution in [0.2, 0.25) is 0 Å². The number of carbonyl (C=O) groups excluding carboxylic acids is 1. The van der Waals surface area contributed by atoms with Gasteiger partial charge in [0.25, 0.3) is 5.91 Å². The Balaban J connectivity index is 1.88. The molecule has 1 aromatic heterocycles. The highest BCUT2D eigenvalue weighted by molar-refractivity contribution is 6.04. The van der Waals surface area contributed by atoms with Gasteiger partial charge < -0.3 is 14.4 Å². The zero-order chi connectivity index (χ0) is 13.2. The summed E-state index contributed by atoms with van der Waals surface area (Å²) < 4.78 is 10.5. The SMILES string of the molecule is CN(C(=O)c1cnccn1)c1ccc2c(c1)OCO2. The van der Waals surface area contributed by atoms with E-state index < -0.39 is 0 Å². The van der Waals surface area contributed by atoms with Gasteiger partial charge in [0.1, 0.15) is 5.69 Å². The van der Waals surface area contributed by atoms with Crippen LogP contribution in [0.25, 0.3) is 0 Å². The first-order valence-electron chi connectivity index (χ1n) is 5.69. The van der Waals surface area contributed by atoms with Gasteiger partial charge in [-0.3, -0.25) is 9.78 Å². The molecule has 1 aliphatic rings. The third-order valence-electron chi connectivity index (χ3n) is 2.83. The van der Waals surface area contributed by atoms with Gasteiger partial charge in [0.15, 0.2) is 11.5 Å². The smallest absolute Gasteiger partial charge is 0.278 e. The zero-order valence-electron chi connectivity index (χ0n) is 10.2. The van der Waals surface area contributed by atoms with Crippen LogP contribution in [-0.4, -0.2) is 29.7 Å². The molecule has 1 aliphatic heterocycles. The summed E-state index contributed by atoms with van der Waals surface area (Å²) in [6, 6.07) is 5.33. The summed E-state index contributed by atoms with van der Waals surface area (Å²) in [4.78, 5) is 21.6. The lowest BCUT2D eigenvalue weighted by atomic mass is 10.2. The van der Waals surface area contributed by atoms with Gasteiger partial charge in [-0.2, -0.15) is 0 Å². The predicted octanol–water partition coefficient (Wildman–Crippen LogP) is 1.48. The molecule has 1 aromatic carbocycles. The number of hydrogen-bond donors (Lipinski definition) is 0. The third-order valence-corrected chi connectivity index (χ3v) is 2.83. The van der Waals surface area contributed by atoms with Crippen LogP contribution in [-0.2, 0) is 0 Å².